The van der Waals surface area contributed by atoms with E-state index in [1.54, 1.807) is 0 Å². The number of benzene rings is 2. The third-order valence-corrected chi connectivity index (χ3v) is 2.59. The Morgan fingerprint density at radius 1 is 1.05 bits per heavy atom. The van der Waals surface area contributed by atoms with Crippen molar-refractivity contribution in [3.8, 4) is 5.75 Å². The molecule has 0 saturated carbocycles. The van der Waals surface area contributed by atoms with Crippen LogP contribution in [-0.2, 0) is 0 Å². The molecule has 104 valence electrons. The van der Waals surface area contributed by atoms with Crippen molar-refractivity contribution in [1.29, 1.82) is 0 Å². The van der Waals surface area contributed by atoms with Gasteiger partial charge in [0, 0.05) is 11.6 Å². The lowest BCUT2D eigenvalue weighted by Crippen LogP contribution is -2.13. The van der Waals surface area contributed by atoms with Crippen molar-refractivity contribution in [2.45, 2.75) is 0 Å². The third-order valence-electron chi connectivity index (χ3n) is 2.59. The van der Waals surface area contributed by atoms with Gasteiger partial charge in [0.1, 0.15) is 11.6 Å². The lowest BCUT2D eigenvalue weighted by atomic mass is 10.2. The Kier molecular flexibility index (Phi) is 3.93. The summed E-state index contributed by atoms with van der Waals surface area (Å²) >= 11 is 0. The van der Waals surface area contributed by atoms with E-state index < -0.39 is 23.4 Å². The quantitative estimate of drug-likeness (QED) is 0.936. The fourth-order valence-electron chi connectivity index (χ4n) is 1.60. The van der Waals surface area contributed by atoms with Crippen molar-refractivity contribution >= 4 is 11.6 Å². The van der Waals surface area contributed by atoms with Gasteiger partial charge in [-0.25, -0.2) is 13.2 Å². The molecule has 2 aromatic carbocycles. The van der Waals surface area contributed by atoms with Gasteiger partial charge in [0.05, 0.1) is 12.8 Å². The summed E-state index contributed by atoms with van der Waals surface area (Å²) in [5.41, 5.74) is -0.349. The molecule has 0 aliphatic heterocycles. The topological polar surface area (TPSA) is 38.3 Å². The van der Waals surface area contributed by atoms with Crippen molar-refractivity contribution in [2.75, 3.05) is 12.4 Å². The number of carbonyl (C=O) groups excluding carboxylic acids is 1. The molecule has 0 unspecified atom stereocenters. The number of carbonyl (C=O) groups is 1. The smallest absolute Gasteiger partial charge is 0.255 e. The molecule has 0 aromatic heterocycles. The van der Waals surface area contributed by atoms with Crippen LogP contribution in [0.1, 0.15) is 10.4 Å². The van der Waals surface area contributed by atoms with Crippen LogP contribution < -0.4 is 10.1 Å². The van der Waals surface area contributed by atoms with Gasteiger partial charge in [0.25, 0.3) is 5.91 Å². The molecular formula is C14H10F3NO2. The van der Waals surface area contributed by atoms with Crippen molar-refractivity contribution in [3.05, 3.63) is 59.4 Å². The Morgan fingerprint density at radius 2 is 1.80 bits per heavy atom. The van der Waals surface area contributed by atoms with E-state index in [4.69, 9.17) is 4.74 Å². The number of rotatable bonds is 3. The largest absolute Gasteiger partial charge is 0.494 e. The minimum atomic E-state index is -0.784. The summed E-state index contributed by atoms with van der Waals surface area (Å²) in [6, 6.07) is 6.19. The zero-order chi connectivity index (χ0) is 14.7. The molecule has 20 heavy (non-hydrogen) atoms. The minimum absolute atomic E-state index is 0.0153. The van der Waals surface area contributed by atoms with E-state index in [9.17, 15) is 18.0 Å². The number of hydrogen-bond donors (Lipinski definition) is 1. The molecule has 6 heteroatoms. The number of nitrogens with one attached hydrogen (secondary N) is 1. The number of anilines is 1. The first-order chi connectivity index (χ1) is 9.51. The van der Waals surface area contributed by atoms with Gasteiger partial charge in [-0.3, -0.25) is 4.79 Å². The Hall–Kier alpha value is -2.50. The predicted molar refractivity (Wildman–Crippen MR) is 67.3 cm³/mol. The summed E-state index contributed by atoms with van der Waals surface area (Å²) in [6.45, 7) is 0. The first kappa shape index (κ1) is 13.9. The van der Waals surface area contributed by atoms with E-state index in [1.165, 1.54) is 19.2 Å². The number of halogens is 3. The molecule has 2 rings (SSSR count). The summed E-state index contributed by atoms with van der Waals surface area (Å²) in [7, 11) is 1.29. The molecule has 0 radical (unpaired) electrons. The Morgan fingerprint density at radius 3 is 2.45 bits per heavy atom. The SMILES string of the molecule is COc1ccc(C(=O)Nc2cc(F)ccc2F)cc1F. The van der Waals surface area contributed by atoms with Crippen LogP contribution in [-0.4, -0.2) is 13.0 Å². The predicted octanol–water partition coefficient (Wildman–Crippen LogP) is 3.36. The van der Waals surface area contributed by atoms with Gasteiger partial charge in [-0.1, -0.05) is 0 Å². The fraction of sp³-hybridized carbons (Fsp3) is 0.0714. The highest BCUT2D eigenvalue weighted by Gasteiger charge is 2.12. The number of amides is 1. The van der Waals surface area contributed by atoms with Crippen LogP contribution in [0.25, 0.3) is 0 Å². The Labute approximate surface area is 113 Å². The highest BCUT2D eigenvalue weighted by Crippen LogP contribution is 2.20. The summed E-state index contributed by atoms with van der Waals surface area (Å²) in [5.74, 6) is -2.97. The summed E-state index contributed by atoms with van der Waals surface area (Å²) < 4.78 is 44.5. The molecule has 0 bridgehead atoms. The van der Waals surface area contributed by atoms with Crippen LogP contribution >= 0.6 is 0 Å². The van der Waals surface area contributed by atoms with Crippen LogP contribution in [0.15, 0.2) is 36.4 Å². The summed E-state index contributed by atoms with van der Waals surface area (Å²) in [4.78, 5) is 11.8. The molecule has 0 heterocycles. The normalized spacial score (nSPS) is 10.2. The maximum Gasteiger partial charge on any atom is 0.255 e. The first-order valence-electron chi connectivity index (χ1n) is 5.61. The molecule has 1 N–H and O–H groups in total. The van der Waals surface area contributed by atoms with Gasteiger partial charge in [0.2, 0.25) is 0 Å². The number of hydrogen-bond acceptors (Lipinski definition) is 2. The van der Waals surface area contributed by atoms with E-state index in [0.717, 1.165) is 24.3 Å². The summed E-state index contributed by atoms with van der Waals surface area (Å²) in [6.07, 6.45) is 0. The van der Waals surface area contributed by atoms with Crippen molar-refractivity contribution in [3.63, 3.8) is 0 Å². The second-order valence-electron chi connectivity index (χ2n) is 3.93. The Balaban J connectivity index is 2.24. The maximum atomic E-state index is 13.5. The average molecular weight is 281 g/mol. The highest BCUT2D eigenvalue weighted by molar-refractivity contribution is 6.04. The molecule has 0 aliphatic rings. The van der Waals surface area contributed by atoms with Crippen LogP contribution in [0.2, 0.25) is 0 Å². The molecule has 0 saturated heterocycles. The molecule has 0 spiro atoms. The van der Waals surface area contributed by atoms with E-state index >= 15 is 0 Å². The molecule has 0 aliphatic carbocycles. The molecular weight excluding hydrogens is 271 g/mol. The highest BCUT2D eigenvalue weighted by atomic mass is 19.1. The zero-order valence-electron chi connectivity index (χ0n) is 10.4. The fourth-order valence-corrected chi connectivity index (χ4v) is 1.60. The van der Waals surface area contributed by atoms with Gasteiger partial charge in [-0.2, -0.15) is 0 Å². The maximum absolute atomic E-state index is 13.5. The van der Waals surface area contributed by atoms with Crippen LogP contribution in [0.5, 0.6) is 5.75 Å². The van der Waals surface area contributed by atoms with Crippen LogP contribution in [0.3, 0.4) is 0 Å². The molecule has 3 nitrogen and oxygen atoms in total. The van der Waals surface area contributed by atoms with Crippen molar-refractivity contribution in [2.24, 2.45) is 0 Å². The van der Waals surface area contributed by atoms with Crippen molar-refractivity contribution < 1.29 is 22.7 Å². The van der Waals surface area contributed by atoms with Gasteiger partial charge < -0.3 is 10.1 Å². The van der Waals surface area contributed by atoms with E-state index in [0.29, 0.717) is 0 Å². The molecule has 2 aromatic rings. The van der Waals surface area contributed by atoms with E-state index in [2.05, 4.69) is 5.32 Å². The zero-order valence-corrected chi connectivity index (χ0v) is 10.4. The molecule has 0 atom stereocenters. The first-order valence-corrected chi connectivity index (χ1v) is 5.61. The number of methoxy groups -OCH3 is 1. The van der Waals surface area contributed by atoms with Gasteiger partial charge >= 0.3 is 0 Å². The number of ether oxygens (including phenoxy) is 1. The Bertz CT molecular complexity index is 659. The van der Waals surface area contributed by atoms with Crippen molar-refractivity contribution in [1.82, 2.24) is 0 Å². The molecule has 1 amide bonds. The van der Waals surface area contributed by atoms with Gasteiger partial charge in [-0.15, -0.1) is 0 Å². The van der Waals surface area contributed by atoms with E-state index in [1.807, 2.05) is 0 Å². The molecule has 0 fully saturated rings. The standard InChI is InChI=1S/C14H10F3NO2/c1-20-13-5-2-8(6-11(13)17)14(19)18-12-7-9(15)3-4-10(12)16/h2-7H,1H3,(H,18,19). The summed E-state index contributed by atoms with van der Waals surface area (Å²) in [5, 5.41) is 2.17. The third kappa shape index (κ3) is 2.90. The monoisotopic (exact) mass is 281 g/mol. The second kappa shape index (κ2) is 5.64. The lowest BCUT2D eigenvalue weighted by Gasteiger charge is -2.08. The second-order valence-corrected chi connectivity index (χ2v) is 3.93. The van der Waals surface area contributed by atoms with Gasteiger partial charge in [0.15, 0.2) is 11.6 Å². The lowest BCUT2D eigenvalue weighted by molar-refractivity contribution is 0.102. The van der Waals surface area contributed by atoms with E-state index in [-0.39, 0.29) is 17.0 Å². The van der Waals surface area contributed by atoms with Crippen LogP contribution in [0, 0.1) is 17.5 Å². The van der Waals surface area contributed by atoms with Gasteiger partial charge in [-0.05, 0) is 30.3 Å². The minimum Gasteiger partial charge on any atom is -0.494 e. The van der Waals surface area contributed by atoms with Crippen LogP contribution in [0.4, 0.5) is 18.9 Å². The average Bonchev–Trinajstić information content (AvgIpc) is 2.42.